The Labute approximate surface area is 114 Å². The Morgan fingerprint density at radius 2 is 2.39 bits per heavy atom. The van der Waals surface area contributed by atoms with E-state index in [0.717, 1.165) is 5.56 Å². The number of nitrogens with one attached hydrogen (secondary N) is 1. The number of nitrogens with zero attached hydrogens (tertiary/aromatic N) is 1. The first-order valence-corrected chi connectivity index (χ1v) is 6.64. The number of nitrogen functional groups attached to an aromatic ring is 1. The van der Waals surface area contributed by atoms with Crippen LogP contribution < -0.4 is 11.1 Å². The highest BCUT2D eigenvalue weighted by atomic mass is 35.5. The molecule has 2 aromatic heterocycles. The van der Waals surface area contributed by atoms with Gasteiger partial charge in [0, 0.05) is 0 Å². The molecule has 18 heavy (non-hydrogen) atoms. The van der Waals surface area contributed by atoms with E-state index in [1.54, 1.807) is 11.3 Å². The van der Waals surface area contributed by atoms with Crippen molar-refractivity contribution in [3.05, 3.63) is 45.4 Å². The number of hydrogen-bond donors (Lipinski definition) is 2. The standard InChI is InChI=1S/C12H12ClN3OS/c1-7(8-2-3-18-6-8)16-12(17)10-4-9(14)5-15-11(10)13/h2-7H,14H2,1H3,(H,16,17). The van der Waals surface area contributed by atoms with Crippen LogP contribution in [-0.2, 0) is 0 Å². The quantitative estimate of drug-likeness (QED) is 0.850. The molecule has 1 unspecified atom stereocenters. The zero-order valence-corrected chi connectivity index (χ0v) is 11.3. The van der Waals surface area contributed by atoms with Crippen LogP contribution in [-0.4, -0.2) is 10.9 Å². The molecule has 0 aliphatic heterocycles. The summed E-state index contributed by atoms with van der Waals surface area (Å²) in [7, 11) is 0. The van der Waals surface area contributed by atoms with Crippen molar-refractivity contribution in [1.29, 1.82) is 0 Å². The van der Waals surface area contributed by atoms with Gasteiger partial charge in [0.25, 0.3) is 5.91 Å². The molecule has 4 nitrogen and oxygen atoms in total. The zero-order valence-electron chi connectivity index (χ0n) is 9.68. The Bertz CT molecular complexity index is 556. The predicted octanol–water partition coefficient (Wildman–Crippen LogP) is 2.87. The van der Waals surface area contributed by atoms with Crippen molar-refractivity contribution in [1.82, 2.24) is 10.3 Å². The number of rotatable bonds is 3. The van der Waals surface area contributed by atoms with Gasteiger partial charge in [-0.05, 0) is 35.4 Å². The molecule has 0 saturated heterocycles. The molecule has 2 aromatic rings. The molecular formula is C12H12ClN3OS. The Hall–Kier alpha value is -1.59. The first-order chi connectivity index (χ1) is 8.58. The number of carbonyl (C=O) groups excluding carboxylic acids is 1. The number of anilines is 1. The number of aromatic nitrogens is 1. The van der Waals surface area contributed by atoms with Gasteiger partial charge in [-0.25, -0.2) is 4.98 Å². The fourth-order valence-corrected chi connectivity index (χ4v) is 2.45. The molecule has 1 atom stereocenters. The minimum Gasteiger partial charge on any atom is -0.397 e. The number of amides is 1. The maximum absolute atomic E-state index is 12.0. The van der Waals surface area contributed by atoms with E-state index in [4.69, 9.17) is 17.3 Å². The van der Waals surface area contributed by atoms with Crippen LogP contribution in [0.4, 0.5) is 5.69 Å². The molecule has 0 fully saturated rings. The molecule has 0 aliphatic rings. The second-order valence-corrected chi connectivity index (χ2v) is 5.00. The van der Waals surface area contributed by atoms with Crippen molar-refractivity contribution in [3.63, 3.8) is 0 Å². The van der Waals surface area contributed by atoms with E-state index in [0.29, 0.717) is 11.3 Å². The predicted molar refractivity (Wildman–Crippen MR) is 73.9 cm³/mol. The van der Waals surface area contributed by atoms with Crippen molar-refractivity contribution in [2.45, 2.75) is 13.0 Å². The Morgan fingerprint density at radius 3 is 3.06 bits per heavy atom. The lowest BCUT2D eigenvalue weighted by Gasteiger charge is -2.13. The summed E-state index contributed by atoms with van der Waals surface area (Å²) in [4.78, 5) is 15.9. The zero-order chi connectivity index (χ0) is 13.1. The van der Waals surface area contributed by atoms with E-state index in [9.17, 15) is 4.79 Å². The summed E-state index contributed by atoms with van der Waals surface area (Å²) in [6.07, 6.45) is 1.42. The van der Waals surface area contributed by atoms with Crippen molar-refractivity contribution in [2.24, 2.45) is 0 Å². The number of pyridine rings is 1. The molecule has 6 heteroatoms. The summed E-state index contributed by atoms with van der Waals surface area (Å²) in [5, 5.41) is 6.96. The maximum Gasteiger partial charge on any atom is 0.254 e. The largest absolute Gasteiger partial charge is 0.397 e. The molecular weight excluding hydrogens is 270 g/mol. The average molecular weight is 282 g/mol. The van der Waals surface area contributed by atoms with Crippen LogP contribution in [0.2, 0.25) is 5.15 Å². The van der Waals surface area contributed by atoms with Gasteiger partial charge in [0.1, 0.15) is 5.15 Å². The van der Waals surface area contributed by atoms with E-state index >= 15 is 0 Å². The van der Waals surface area contributed by atoms with Gasteiger partial charge in [-0.3, -0.25) is 4.79 Å². The van der Waals surface area contributed by atoms with Crippen LogP contribution in [0, 0.1) is 0 Å². The number of thiophene rings is 1. The Balaban J connectivity index is 2.15. The van der Waals surface area contributed by atoms with Crippen LogP contribution in [0.25, 0.3) is 0 Å². The lowest BCUT2D eigenvalue weighted by molar-refractivity contribution is 0.0940. The molecule has 0 aromatic carbocycles. The second kappa shape index (κ2) is 5.37. The van der Waals surface area contributed by atoms with Crippen LogP contribution in [0.5, 0.6) is 0 Å². The van der Waals surface area contributed by atoms with Gasteiger partial charge in [0.15, 0.2) is 0 Å². The highest BCUT2D eigenvalue weighted by Crippen LogP contribution is 2.19. The summed E-state index contributed by atoms with van der Waals surface area (Å²) in [5.74, 6) is -0.279. The molecule has 0 radical (unpaired) electrons. The van der Waals surface area contributed by atoms with Gasteiger partial charge < -0.3 is 11.1 Å². The fourth-order valence-electron chi connectivity index (χ4n) is 1.50. The molecule has 94 valence electrons. The number of halogens is 1. The van der Waals surface area contributed by atoms with Gasteiger partial charge >= 0.3 is 0 Å². The highest BCUT2D eigenvalue weighted by molar-refractivity contribution is 7.07. The second-order valence-electron chi connectivity index (χ2n) is 3.86. The number of nitrogens with two attached hydrogens (primary N) is 1. The summed E-state index contributed by atoms with van der Waals surface area (Å²) in [5.41, 5.74) is 7.35. The lowest BCUT2D eigenvalue weighted by atomic mass is 10.1. The van der Waals surface area contributed by atoms with Gasteiger partial charge in [-0.2, -0.15) is 11.3 Å². The van der Waals surface area contributed by atoms with Gasteiger partial charge in [-0.15, -0.1) is 0 Å². The SMILES string of the molecule is CC(NC(=O)c1cc(N)cnc1Cl)c1ccsc1. The minimum absolute atomic E-state index is 0.0822. The van der Waals surface area contributed by atoms with Crippen molar-refractivity contribution in [3.8, 4) is 0 Å². The smallest absolute Gasteiger partial charge is 0.254 e. The molecule has 2 rings (SSSR count). The molecule has 3 N–H and O–H groups in total. The average Bonchev–Trinajstić information content (AvgIpc) is 2.85. The van der Waals surface area contributed by atoms with Crippen LogP contribution in [0.15, 0.2) is 29.1 Å². The summed E-state index contributed by atoms with van der Waals surface area (Å²) in [6, 6.07) is 3.40. The number of hydrogen-bond acceptors (Lipinski definition) is 4. The Morgan fingerprint density at radius 1 is 1.61 bits per heavy atom. The molecule has 0 bridgehead atoms. The molecule has 1 amide bonds. The van der Waals surface area contributed by atoms with E-state index < -0.39 is 0 Å². The third-order valence-electron chi connectivity index (χ3n) is 2.50. The number of carbonyl (C=O) groups is 1. The lowest BCUT2D eigenvalue weighted by Crippen LogP contribution is -2.26. The van der Waals surface area contributed by atoms with Gasteiger partial charge in [0.05, 0.1) is 23.5 Å². The first kappa shape index (κ1) is 12.9. The Kier molecular flexibility index (Phi) is 3.84. The van der Waals surface area contributed by atoms with Crippen molar-refractivity contribution >= 4 is 34.5 Å². The summed E-state index contributed by atoms with van der Waals surface area (Å²) < 4.78 is 0. The molecule has 0 aliphatic carbocycles. The third-order valence-corrected chi connectivity index (χ3v) is 3.50. The van der Waals surface area contributed by atoms with Crippen LogP contribution >= 0.6 is 22.9 Å². The van der Waals surface area contributed by atoms with Crippen LogP contribution in [0.3, 0.4) is 0 Å². The summed E-state index contributed by atoms with van der Waals surface area (Å²) >= 11 is 7.46. The molecule has 0 saturated carbocycles. The van der Waals surface area contributed by atoms with Gasteiger partial charge in [-0.1, -0.05) is 11.6 Å². The monoisotopic (exact) mass is 281 g/mol. The fraction of sp³-hybridized carbons (Fsp3) is 0.167. The molecule has 2 heterocycles. The van der Waals surface area contributed by atoms with E-state index in [1.807, 2.05) is 23.8 Å². The van der Waals surface area contributed by atoms with E-state index in [-0.39, 0.29) is 17.1 Å². The summed E-state index contributed by atoms with van der Waals surface area (Å²) in [6.45, 7) is 1.91. The van der Waals surface area contributed by atoms with Crippen LogP contribution in [0.1, 0.15) is 28.9 Å². The van der Waals surface area contributed by atoms with E-state index in [2.05, 4.69) is 10.3 Å². The minimum atomic E-state index is -0.279. The van der Waals surface area contributed by atoms with Crippen molar-refractivity contribution < 1.29 is 4.79 Å². The van der Waals surface area contributed by atoms with Crippen molar-refractivity contribution in [2.75, 3.05) is 5.73 Å². The normalized spacial score (nSPS) is 12.1. The molecule has 0 spiro atoms. The third kappa shape index (κ3) is 2.80. The maximum atomic E-state index is 12.0. The topological polar surface area (TPSA) is 68.0 Å². The van der Waals surface area contributed by atoms with Gasteiger partial charge in [0.2, 0.25) is 0 Å². The van der Waals surface area contributed by atoms with E-state index in [1.165, 1.54) is 12.3 Å². The highest BCUT2D eigenvalue weighted by Gasteiger charge is 2.15. The first-order valence-electron chi connectivity index (χ1n) is 5.32.